The Morgan fingerprint density at radius 2 is 2.17 bits per heavy atom. The minimum absolute atomic E-state index is 0. The molecule has 0 aromatic rings. The predicted molar refractivity (Wildman–Crippen MR) is 24.4 cm³/mol. The van der Waals surface area contributed by atoms with Gasteiger partial charge in [0.25, 0.3) is 0 Å². The summed E-state index contributed by atoms with van der Waals surface area (Å²) in [7, 11) is 0. The van der Waals surface area contributed by atoms with E-state index in [1.807, 2.05) is 0 Å². The summed E-state index contributed by atoms with van der Waals surface area (Å²) in [5.41, 5.74) is 2.52. The second-order valence-electron chi connectivity index (χ2n) is 0.954. The van der Waals surface area contributed by atoms with Crippen LogP contribution in [0, 0.1) is 0 Å². The number of nitrogens with one attached hydrogen (secondary N) is 1. The van der Waals surface area contributed by atoms with Crippen LogP contribution in [0.25, 0.3) is 0 Å². The Bertz CT molecular complexity index is 16.3. The zero-order chi connectivity index (χ0) is 4.12. The fourth-order valence-electron chi connectivity index (χ4n) is 0.144. The van der Waals surface area contributed by atoms with Gasteiger partial charge in [-0.05, 0) is 6.42 Å². The second kappa shape index (κ2) is 8.86. The SMILES string of the molecule is CCCNN.[OH-]. The summed E-state index contributed by atoms with van der Waals surface area (Å²) in [6, 6.07) is 0. The van der Waals surface area contributed by atoms with Crippen LogP contribution in [0.5, 0.6) is 0 Å². The van der Waals surface area contributed by atoms with Gasteiger partial charge in [0.15, 0.2) is 0 Å². The van der Waals surface area contributed by atoms with Gasteiger partial charge >= 0.3 is 0 Å². The Kier molecular flexibility index (Phi) is 13.7. The van der Waals surface area contributed by atoms with Gasteiger partial charge in [0.1, 0.15) is 0 Å². The first kappa shape index (κ1) is 9.30. The van der Waals surface area contributed by atoms with E-state index in [4.69, 9.17) is 5.84 Å². The molecule has 0 saturated carbocycles. The van der Waals surface area contributed by atoms with Crippen molar-refractivity contribution in [3.63, 3.8) is 0 Å². The summed E-state index contributed by atoms with van der Waals surface area (Å²) in [4.78, 5) is 0. The largest absolute Gasteiger partial charge is 0.870 e. The maximum absolute atomic E-state index is 4.89. The first-order valence-electron chi connectivity index (χ1n) is 1.85. The molecule has 0 fully saturated rings. The van der Waals surface area contributed by atoms with Crippen molar-refractivity contribution in [1.29, 1.82) is 0 Å². The highest BCUT2D eigenvalue weighted by Gasteiger charge is 1.64. The molecule has 3 heteroatoms. The zero-order valence-electron chi connectivity index (χ0n) is 3.94. The molecule has 0 bridgehead atoms. The van der Waals surface area contributed by atoms with Crippen LogP contribution in [0.4, 0.5) is 0 Å². The molecule has 0 saturated heterocycles. The summed E-state index contributed by atoms with van der Waals surface area (Å²) in [5.74, 6) is 4.89. The Labute approximate surface area is 37.8 Å². The molecule has 0 aliphatic carbocycles. The third-order valence-corrected chi connectivity index (χ3v) is 0.394. The van der Waals surface area contributed by atoms with E-state index in [2.05, 4.69) is 12.3 Å². The fraction of sp³-hybridized carbons (Fsp3) is 1.00. The van der Waals surface area contributed by atoms with Crippen molar-refractivity contribution in [2.75, 3.05) is 6.54 Å². The van der Waals surface area contributed by atoms with E-state index in [9.17, 15) is 0 Å². The van der Waals surface area contributed by atoms with Crippen molar-refractivity contribution in [2.45, 2.75) is 13.3 Å². The quantitative estimate of drug-likeness (QED) is 0.361. The lowest BCUT2D eigenvalue weighted by Crippen LogP contribution is -2.21. The smallest absolute Gasteiger partial charge is 0.00947 e. The maximum Gasteiger partial charge on any atom is 0.00947 e. The van der Waals surface area contributed by atoms with E-state index in [1.165, 1.54) is 0 Å². The van der Waals surface area contributed by atoms with E-state index < -0.39 is 0 Å². The summed E-state index contributed by atoms with van der Waals surface area (Å²) in [5, 5.41) is 0. The highest BCUT2D eigenvalue weighted by Crippen LogP contribution is 1.61. The summed E-state index contributed by atoms with van der Waals surface area (Å²) in [6.45, 7) is 2.99. The number of hydrogen-bond donors (Lipinski definition) is 2. The van der Waals surface area contributed by atoms with E-state index in [1.54, 1.807) is 0 Å². The van der Waals surface area contributed by atoms with Gasteiger partial charge in [-0.2, -0.15) is 0 Å². The molecule has 0 aromatic carbocycles. The first-order valence-corrected chi connectivity index (χ1v) is 1.85. The fourth-order valence-corrected chi connectivity index (χ4v) is 0.144. The van der Waals surface area contributed by atoms with Crippen molar-refractivity contribution >= 4 is 0 Å². The minimum atomic E-state index is 0. The van der Waals surface area contributed by atoms with Crippen molar-refractivity contribution in [2.24, 2.45) is 5.84 Å². The molecule has 0 amide bonds. The van der Waals surface area contributed by atoms with Crippen molar-refractivity contribution in [1.82, 2.24) is 5.43 Å². The topological polar surface area (TPSA) is 68.0 Å². The lowest BCUT2D eigenvalue weighted by atomic mass is 10.5. The van der Waals surface area contributed by atoms with E-state index in [0.29, 0.717) is 0 Å². The molecule has 40 valence electrons. The van der Waals surface area contributed by atoms with E-state index >= 15 is 0 Å². The standard InChI is InChI=1S/C3H10N2.H2O/c1-2-3-5-4;/h5H,2-4H2,1H3;1H2/p-1. The molecule has 0 atom stereocenters. The van der Waals surface area contributed by atoms with Gasteiger partial charge in [-0.1, -0.05) is 6.92 Å². The lowest BCUT2D eigenvalue weighted by molar-refractivity contribution is 0.714. The van der Waals surface area contributed by atoms with Gasteiger partial charge in [0.2, 0.25) is 0 Å². The molecule has 0 aliphatic heterocycles. The second-order valence-corrected chi connectivity index (χ2v) is 0.954. The van der Waals surface area contributed by atoms with Gasteiger partial charge in [-0.3, -0.25) is 11.3 Å². The maximum atomic E-state index is 4.89. The molecule has 0 heterocycles. The van der Waals surface area contributed by atoms with Crippen molar-refractivity contribution in [3.8, 4) is 0 Å². The number of rotatable bonds is 2. The Hall–Kier alpha value is -0.120. The van der Waals surface area contributed by atoms with Gasteiger partial charge in [-0.25, -0.2) is 0 Å². The zero-order valence-corrected chi connectivity index (χ0v) is 3.94. The van der Waals surface area contributed by atoms with Crippen LogP contribution in [0.15, 0.2) is 0 Å². The highest BCUT2D eigenvalue weighted by atomic mass is 16.0. The minimum Gasteiger partial charge on any atom is -0.870 e. The van der Waals surface area contributed by atoms with E-state index in [0.717, 1.165) is 13.0 Å². The third kappa shape index (κ3) is 9.11. The van der Waals surface area contributed by atoms with Gasteiger partial charge in [0.05, 0.1) is 0 Å². The van der Waals surface area contributed by atoms with Crippen LogP contribution in [-0.2, 0) is 0 Å². The average Bonchev–Trinajstić information content (AvgIpc) is 1.41. The molecule has 4 N–H and O–H groups in total. The average molecular weight is 91.1 g/mol. The van der Waals surface area contributed by atoms with Gasteiger partial charge in [-0.15, -0.1) is 0 Å². The summed E-state index contributed by atoms with van der Waals surface area (Å²) >= 11 is 0. The molecular formula is C3H11N2O-. The molecule has 3 nitrogen and oxygen atoms in total. The normalized spacial score (nSPS) is 7.00. The van der Waals surface area contributed by atoms with Crippen LogP contribution >= 0.6 is 0 Å². The van der Waals surface area contributed by atoms with Gasteiger partial charge < -0.3 is 5.48 Å². The molecular weight excluding hydrogens is 80.0 g/mol. The number of hydrazine groups is 1. The molecule has 0 rings (SSSR count). The van der Waals surface area contributed by atoms with Crippen LogP contribution < -0.4 is 11.3 Å². The third-order valence-electron chi connectivity index (χ3n) is 0.394. The van der Waals surface area contributed by atoms with Crippen molar-refractivity contribution < 1.29 is 5.48 Å². The molecule has 0 radical (unpaired) electrons. The van der Waals surface area contributed by atoms with Crippen molar-refractivity contribution in [3.05, 3.63) is 0 Å². The Balaban J connectivity index is 0. The highest BCUT2D eigenvalue weighted by molar-refractivity contribution is 4.25. The van der Waals surface area contributed by atoms with Crippen LogP contribution in [0.1, 0.15) is 13.3 Å². The monoisotopic (exact) mass is 91.1 g/mol. The first-order chi connectivity index (χ1) is 2.41. The molecule has 0 spiro atoms. The van der Waals surface area contributed by atoms with E-state index in [-0.39, 0.29) is 5.48 Å². The molecule has 0 unspecified atom stereocenters. The molecule has 0 aliphatic rings. The molecule has 6 heavy (non-hydrogen) atoms. The van der Waals surface area contributed by atoms with Crippen LogP contribution in [0.3, 0.4) is 0 Å². The Morgan fingerprint density at radius 3 is 2.17 bits per heavy atom. The van der Waals surface area contributed by atoms with Crippen LogP contribution in [-0.4, -0.2) is 12.0 Å². The molecule has 0 aromatic heterocycles. The van der Waals surface area contributed by atoms with Gasteiger partial charge in [0, 0.05) is 6.54 Å². The number of hydrogen-bond acceptors (Lipinski definition) is 3. The Morgan fingerprint density at radius 1 is 1.67 bits per heavy atom. The lowest BCUT2D eigenvalue weighted by Gasteiger charge is -1.85. The number of nitrogens with two attached hydrogens (primary N) is 1. The summed E-state index contributed by atoms with van der Waals surface area (Å²) in [6.07, 6.45) is 1.11. The predicted octanol–water partition coefficient (Wildman–Crippen LogP) is -0.317. The summed E-state index contributed by atoms with van der Waals surface area (Å²) < 4.78 is 0. The van der Waals surface area contributed by atoms with Crippen LogP contribution in [0.2, 0.25) is 0 Å².